The number of benzene rings is 1. The van der Waals surface area contributed by atoms with Crippen LogP contribution in [0.3, 0.4) is 0 Å². The molecular weight excluding hydrogens is 294 g/mol. The van der Waals surface area contributed by atoms with Crippen LogP contribution in [0.15, 0.2) is 30.3 Å². The molecule has 0 aliphatic heterocycles. The Morgan fingerprint density at radius 3 is 2.43 bits per heavy atom. The van der Waals surface area contributed by atoms with Crippen LogP contribution < -0.4 is 10.1 Å². The number of ether oxygens (including phenoxy) is 1. The average molecular weight is 319 g/mol. The van der Waals surface area contributed by atoms with Gasteiger partial charge < -0.3 is 15.2 Å². The highest BCUT2D eigenvalue weighted by atomic mass is 16.5. The molecule has 0 aromatic heterocycles. The molecule has 2 N–H and O–H groups in total. The van der Waals surface area contributed by atoms with Crippen LogP contribution in [0.4, 0.5) is 0 Å². The Hall–Kier alpha value is -2.30. The van der Waals surface area contributed by atoms with E-state index in [4.69, 9.17) is 9.84 Å². The predicted molar refractivity (Wildman–Crippen MR) is 90.3 cm³/mol. The van der Waals surface area contributed by atoms with E-state index < -0.39 is 17.9 Å². The number of rotatable bonds is 9. The van der Waals surface area contributed by atoms with Crippen LogP contribution in [0.25, 0.3) is 6.08 Å². The van der Waals surface area contributed by atoms with Crippen LogP contribution in [0, 0.1) is 5.92 Å². The topological polar surface area (TPSA) is 75.6 Å². The van der Waals surface area contributed by atoms with Crippen molar-refractivity contribution < 1.29 is 19.4 Å². The summed E-state index contributed by atoms with van der Waals surface area (Å²) in [6.07, 6.45) is 4.34. The highest BCUT2D eigenvalue weighted by Crippen LogP contribution is 2.13. The zero-order valence-corrected chi connectivity index (χ0v) is 13.9. The molecule has 0 heterocycles. The van der Waals surface area contributed by atoms with Crippen molar-refractivity contribution in [2.75, 3.05) is 6.61 Å². The van der Waals surface area contributed by atoms with Crippen LogP contribution in [0.1, 0.15) is 39.2 Å². The van der Waals surface area contributed by atoms with E-state index in [0.29, 0.717) is 13.0 Å². The van der Waals surface area contributed by atoms with Gasteiger partial charge in [0.05, 0.1) is 6.61 Å². The minimum absolute atomic E-state index is 0.191. The first kappa shape index (κ1) is 18.7. The third kappa shape index (κ3) is 7.49. The van der Waals surface area contributed by atoms with Gasteiger partial charge in [-0.3, -0.25) is 4.79 Å². The smallest absolute Gasteiger partial charge is 0.326 e. The van der Waals surface area contributed by atoms with Crippen LogP contribution in [-0.2, 0) is 9.59 Å². The standard InChI is InChI=1S/C18H25NO4/c1-4-11-23-15-8-5-14(6-9-15)7-10-17(20)19-16(18(21)22)12-13(2)3/h5-10,13,16H,4,11-12H2,1-3H3,(H,19,20)(H,21,22)/b10-7+. The van der Waals surface area contributed by atoms with E-state index in [1.807, 2.05) is 45.0 Å². The Morgan fingerprint density at radius 2 is 1.91 bits per heavy atom. The van der Waals surface area contributed by atoms with Crippen LogP contribution in [0.2, 0.25) is 0 Å². The summed E-state index contributed by atoms with van der Waals surface area (Å²) < 4.78 is 5.48. The zero-order valence-electron chi connectivity index (χ0n) is 13.9. The summed E-state index contributed by atoms with van der Waals surface area (Å²) in [6.45, 7) is 6.55. The lowest BCUT2D eigenvalue weighted by molar-refractivity contribution is -0.141. The molecule has 1 aromatic rings. The van der Waals surface area contributed by atoms with E-state index in [9.17, 15) is 9.59 Å². The molecule has 0 aliphatic carbocycles. The van der Waals surface area contributed by atoms with Crippen molar-refractivity contribution in [2.45, 2.75) is 39.7 Å². The molecule has 126 valence electrons. The lowest BCUT2D eigenvalue weighted by Crippen LogP contribution is -2.40. The van der Waals surface area contributed by atoms with Gasteiger partial charge in [-0.1, -0.05) is 32.9 Å². The molecule has 5 heteroatoms. The molecule has 0 aliphatic rings. The van der Waals surface area contributed by atoms with Crippen molar-refractivity contribution >= 4 is 18.0 Å². The molecule has 0 saturated carbocycles. The maximum Gasteiger partial charge on any atom is 0.326 e. The fourth-order valence-corrected chi connectivity index (χ4v) is 1.98. The average Bonchev–Trinajstić information content (AvgIpc) is 2.50. The second kappa shape index (κ2) is 9.66. The molecule has 0 saturated heterocycles. The summed E-state index contributed by atoms with van der Waals surface area (Å²) in [6, 6.07) is 6.50. The number of nitrogens with one attached hydrogen (secondary N) is 1. The molecule has 23 heavy (non-hydrogen) atoms. The molecule has 1 unspecified atom stereocenters. The van der Waals surface area contributed by atoms with Crippen LogP contribution in [-0.4, -0.2) is 29.6 Å². The molecule has 5 nitrogen and oxygen atoms in total. The maximum absolute atomic E-state index is 11.8. The fourth-order valence-electron chi connectivity index (χ4n) is 1.98. The van der Waals surface area contributed by atoms with Crippen molar-refractivity contribution in [1.82, 2.24) is 5.32 Å². The zero-order chi connectivity index (χ0) is 17.2. The van der Waals surface area contributed by atoms with E-state index in [2.05, 4.69) is 5.32 Å². The predicted octanol–water partition coefficient (Wildman–Crippen LogP) is 3.10. The summed E-state index contributed by atoms with van der Waals surface area (Å²) in [4.78, 5) is 23.0. The third-order valence-electron chi connectivity index (χ3n) is 3.10. The number of hydrogen-bond donors (Lipinski definition) is 2. The second-order valence-electron chi connectivity index (χ2n) is 5.78. The Morgan fingerprint density at radius 1 is 1.26 bits per heavy atom. The van der Waals surface area contributed by atoms with Crippen molar-refractivity contribution in [2.24, 2.45) is 5.92 Å². The van der Waals surface area contributed by atoms with E-state index in [-0.39, 0.29) is 5.92 Å². The Balaban J connectivity index is 2.58. The molecule has 0 bridgehead atoms. The Bertz CT molecular complexity index is 534. The van der Waals surface area contributed by atoms with E-state index in [0.717, 1.165) is 17.7 Å². The van der Waals surface area contributed by atoms with Crippen molar-refractivity contribution in [3.05, 3.63) is 35.9 Å². The lowest BCUT2D eigenvalue weighted by atomic mass is 10.0. The first-order chi connectivity index (χ1) is 10.9. The van der Waals surface area contributed by atoms with Gasteiger partial charge in [0.1, 0.15) is 11.8 Å². The monoisotopic (exact) mass is 319 g/mol. The number of hydrogen-bond acceptors (Lipinski definition) is 3. The Kier molecular flexibility index (Phi) is 7.88. The highest BCUT2D eigenvalue weighted by Gasteiger charge is 2.19. The van der Waals surface area contributed by atoms with E-state index in [1.54, 1.807) is 6.08 Å². The maximum atomic E-state index is 11.8. The first-order valence-corrected chi connectivity index (χ1v) is 7.86. The summed E-state index contributed by atoms with van der Waals surface area (Å²) in [5.41, 5.74) is 0.847. The largest absolute Gasteiger partial charge is 0.494 e. The van der Waals surface area contributed by atoms with Crippen LogP contribution >= 0.6 is 0 Å². The number of carbonyl (C=O) groups excluding carboxylic acids is 1. The summed E-state index contributed by atoms with van der Waals surface area (Å²) in [5.74, 6) is -0.449. The number of aliphatic carboxylic acids is 1. The van der Waals surface area contributed by atoms with Gasteiger partial charge in [-0.05, 0) is 42.5 Å². The summed E-state index contributed by atoms with van der Waals surface area (Å²) >= 11 is 0. The Labute approximate surface area is 137 Å². The second-order valence-corrected chi connectivity index (χ2v) is 5.78. The van der Waals surface area contributed by atoms with E-state index >= 15 is 0 Å². The number of carboxylic acid groups (broad SMARTS) is 1. The molecule has 1 atom stereocenters. The molecule has 1 amide bonds. The molecule has 0 fully saturated rings. The van der Waals surface area contributed by atoms with Gasteiger partial charge >= 0.3 is 5.97 Å². The minimum Gasteiger partial charge on any atom is -0.494 e. The number of carbonyl (C=O) groups is 2. The van der Waals surface area contributed by atoms with Gasteiger partial charge in [0.2, 0.25) is 5.91 Å². The van der Waals surface area contributed by atoms with Gasteiger partial charge in [0.15, 0.2) is 0 Å². The molecule has 0 spiro atoms. The van der Waals surface area contributed by atoms with Gasteiger partial charge in [0.25, 0.3) is 0 Å². The number of amides is 1. The number of carboxylic acids is 1. The fraction of sp³-hybridized carbons (Fsp3) is 0.444. The van der Waals surface area contributed by atoms with Gasteiger partial charge in [-0.2, -0.15) is 0 Å². The molecule has 1 rings (SSSR count). The van der Waals surface area contributed by atoms with Gasteiger partial charge in [0, 0.05) is 6.08 Å². The lowest BCUT2D eigenvalue weighted by Gasteiger charge is -2.15. The van der Waals surface area contributed by atoms with Crippen molar-refractivity contribution in [1.29, 1.82) is 0 Å². The highest BCUT2D eigenvalue weighted by molar-refractivity contribution is 5.94. The van der Waals surface area contributed by atoms with Gasteiger partial charge in [-0.25, -0.2) is 4.79 Å². The first-order valence-electron chi connectivity index (χ1n) is 7.86. The van der Waals surface area contributed by atoms with Crippen molar-refractivity contribution in [3.8, 4) is 5.75 Å². The molecule has 1 aromatic carbocycles. The van der Waals surface area contributed by atoms with E-state index in [1.165, 1.54) is 6.08 Å². The molecular formula is C18H25NO4. The SMILES string of the molecule is CCCOc1ccc(/C=C/C(=O)NC(CC(C)C)C(=O)O)cc1. The third-order valence-corrected chi connectivity index (χ3v) is 3.10. The molecule has 0 radical (unpaired) electrons. The van der Waals surface area contributed by atoms with Crippen LogP contribution in [0.5, 0.6) is 5.75 Å². The quantitative estimate of drug-likeness (QED) is 0.686. The summed E-state index contributed by atoms with van der Waals surface area (Å²) in [7, 11) is 0. The normalized spacial score (nSPS) is 12.3. The van der Waals surface area contributed by atoms with Crippen molar-refractivity contribution in [3.63, 3.8) is 0 Å². The minimum atomic E-state index is -1.02. The summed E-state index contributed by atoms with van der Waals surface area (Å²) in [5, 5.41) is 11.6. The van der Waals surface area contributed by atoms with Gasteiger partial charge in [-0.15, -0.1) is 0 Å².